The van der Waals surface area contributed by atoms with Crippen LogP contribution in [0.4, 0.5) is 4.39 Å². The van der Waals surface area contributed by atoms with Crippen LogP contribution in [0.2, 0.25) is 5.15 Å². The van der Waals surface area contributed by atoms with Crippen molar-refractivity contribution in [2.75, 3.05) is 0 Å². The monoisotopic (exact) mass is 355 g/mol. The van der Waals surface area contributed by atoms with E-state index in [0.29, 0.717) is 9.35 Å². The van der Waals surface area contributed by atoms with Crippen LogP contribution in [0.5, 0.6) is 10.9 Å². The fourth-order valence-corrected chi connectivity index (χ4v) is 2.76. The van der Waals surface area contributed by atoms with Crippen molar-refractivity contribution in [2.45, 2.75) is 5.88 Å². The molecule has 2 rings (SSSR count). The summed E-state index contributed by atoms with van der Waals surface area (Å²) in [6.45, 7) is 0. The summed E-state index contributed by atoms with van der Waals surface area (Å²) in [5.41, 5.74) is 0. The van der Waals surface area contributed by atoms with E-state index in [2.05, 4.69) is 20.9 Å². The summed E-state index contributed by atoms with van der Waals surface area (Å²) >= 11 is 15.8. The Labute approximate surface area is 119 Å². The first kappa shape index (κ1) is 13.1. The van der Waals surface area contributed by atoms with Crippen molar-refractivity contribution in [3.63, 3.8) is 0 Å². The van der Waals surface area contributed by atoms with E-state index < -0.39 is 5.82 Å². The van der Waals surface area contributed by atoms with Gasteiger partial charge >= 0.3 is 0 Å². The van der Waals surface area contributed by atoms with Crippen molar-refractivity contribution in [1.29, 1.82) is 0 Å². The van der Waals surface area contributed by atoms with Crippen LogP contribution >= 0.6 is 50.5 Å². The number of halogens is 4. The summed E-state index contributed by atoms with van der Waals surface area (Å²) in [4.78, 5) is 4.63. The molecule has 90 valence electrons. The lowest BCUT2D eigenvalue weighted by Gasteiger charge is -2.02. The van der Waals surface area contributed by atoms with E-state index in [1.54, 1.807) is 6.07 Å². The molecule has 0 unspecified atom stereocenters. The van der Waals surface area contributed by atoms with Crippen LogP contribution in [0.25, 0.3) is 0 Å². The van der Waals surface area contributed by atoms with Crippen LogP contribution < -0.4 is 4.74 Å². The summed E-state index contributed by atoms with van der Waals surface area (Å²) in [7, 11) is 0. The van der Waals surface area contributed by atoms with E-state index in [-0.39, 0.29) is 22.0 Å². The van der Waals surface area contributed by atoms with E-state index >= 15 is 0 Å². The fourth-order valence-electron chi connectivity index (χ4n) is 1.09. The number of hydrogen-bond acceptors (Lipinski definition) is 3. The summed E-state index contributed by atoms with van der Waals surface area (Å²) in [6, 6.07) is 4.50. The van der Waals surface area contributed by atoms with Gasteiger partial charge in [0.05, 0.1) is 10.8 Å². The highest BCUT2D eigenvalue weighted by atomic mass is 79.9. The van der Waals surface area contributed by atoms with Gasteiger partial charge < -0.3 is 4.74 Å². The molecule has 0 saturated carbocycles. The third kappa shape index (κ3) is 3.10. The maximum Gasteiger partial charge on any atom is 0.280 e. The van der Waals surface area contributed by atoms with Crippen LogP contribution in [-0.4, -0.2) is 4.98 Å². The molecule has 0 spiro atoms. The lowest BCUT2D eigenvalue weighted by atomic mass is 10.3. The van der Waals surface area contributed by atoms with E-state index in [1.807, 2.05) is 0 Å². The molecule has 17 heavy (non-hydrogen) atoms. The highest BCUT2D eigenvalue weighted by Gasteiger charge is 2.12. The predicted octanol–water partition coefficient (Wildman–Crippen LogP) is 5.23. The minimum atomic E-state index is -0.474. The number of nitrogens with zero attached hydrogens (tertiary/aromatic N) is 1. The van der Waals surface area contributed by atoms with Gasteiger partial charge in [0.25, 0.3) is 5.19 Å². The molecule has 0 bridgehead atoms. The Morgan fingerprint density at radius 1 is 1.47 bits per heavy atom. The lowest BCUT2D eigenvalue weighted by Crippen LogP contribution is -1.87. The third-order valence-electron chi connectivity index (χ3n) is 1.84. The molecule has 0 amide bonds. The summed E-state index contributed by atoms with van der Waals surface area (Å²) in [5.74, 6) is -0.124. The van der Waals surface area contributed by atoms with Gasteiger partial charge in [-0.25, -0.2) is 4.39 Å². The van der Waals surface area contributed by atoms with Crippen LogP contribution in [0.3, 0.4) is 0 Å². The molecule has 0 aliphatic rings. The van der Waals surface area contributed by atoms with Crippen molar-refractivity contribution in [3.05, 3.63) is 38.5 Å². The number of benzene rings is 1. The number of rotatable bonds is 3. The van der Waals surface area contributed by atoms with Crippen molar-refractivity contribution in [1.82, 2.24) is 4.98 Å². The van der Waals surface area contributed by atoms with E-state index in [1.165, 1.54) is 23.5 Å². The second-order valence-electron chi connectivity index (χ2n) is 3.00. The van der Waals surface area contributed by atoms with E-state index in [4.69, 9.17) is 27.9 Å². The zero-order valence-corrected chi connectivity index (χ0v) is 12.1. The first-order valence-corrected chi connectivity index (χ1v) is 6.96. The molecule has 2 aromatic rings. The number of thiazole rings is 1. The second kappa shape index (κ2) is 5.52. The first-order chi connectivity index (χ1) is 8.10. The Bertz CT molecular complexity index is 549. The van der Waals surface area contributed by atoms with Crippen molar-refractivity contribution < 1.29 is 9.13 Å². The molecule has 0 aliphatic heterocycles. The standard InChI is InChI=1S/C10H5BrCl2FNOS/c11-5-1-2-7(6(14)3-5)16-10-15-9(13)8(4-12)17-10/h1-3H,4H2. The molecule has 0 radical (unpaired) electrons. The third-order valence-corrected chi connectivity index (χ3v) is 4.12. The SMILES string of the molecule is Fc1cc(Br)ccc1Oc1nc(Cl)c(CCl)s1. The topological polar surface area (TPSA) is 22.1 Å². The maximum absolute atomic E-state index is 13.5. The van der Waals surface area contributed by atoms with E-state index in [0.717, 1.165) is 0 Å². The molecular formula is C10H5BrCl2FNOS. The maximum atomic E-state index is 13.5. The predicted molar refractivity (Wildman–Crippen MR) is 70.9 cm³/mol. The molecule has 0 atom stereocenters. The highest BCUT2D eigenvalue weighted by molar-refractivity contribution is 9.10. The number of hydrogen-bond donors (Lipinski definition) is 0. The average Bonchev–Trinajstić information content (AvgIpc) is 2.63. The minimum Gasteiger partial charge on any atom is -0.428 e. The molecular weight excluding hydrogens is 352 g/mol. The van der Waals surface area contributed by atoms with Crippen LogP contribution in [-0.2, 0) is 5.88 Å². The van der Waals surface area contributed by atoms with Gasteiger partial charge in [-0.15, -0.1) is 11.6 Å². The van der Waals surface area contributed by atoms with Gasteiger partial charge in [-0.1, -0.05) is 38.9 Å². The Kier molecular flexibility index (Phi) is 4.25. The number of ether oxygens (including phenoxy) is 1. The Balaban J connectivity index is 2.25. The zero-order valence-electron chi connectivity index (χ0n) is 8.21. The summed E-state index contributed by atoms with van der Waals surface area (Å²) in [5, 5.41) is 0.560. The minimum absolute atomic E-state index is 0.0970. The zero-order chi connectivity index (χ0) is 12.4. The molecule has 0 fully saturated rings. The van der Waals surface area contributed by atoms with Gasteiger partial charge in [-0.05, 0) is 18.2 Å². The largest absolute Gasteiger partial charge is 0.428 e. The fraction of sp³-hybridized carbons (Fsp3) is 0.100. The van der Waals surface area contributed by atoms with Gasteiger partial charge in [0.2, 0.25) is 0 Å². The van der Waals surface area contributed by atoms with Crippen LogP contribution in [0, 0.1) is 5.82 Å². The number of aromatic nitrogens is 1. The van der Waals surface area contributed by atoms with Crippen molar-refractivity contribution in [2.24, 2.45) is 0 Å². The molecule has 1 heterocycles. The van der Waals surface area contributed by atoms with Gasteiger partial charge in [0.15, 0.2) is 11.6 Å². The Morgan fingerprint density at radius 3 is 2.82 bits per heavy atom. The van der Waals surface area contributed by atoms with Crippen LogP contribution in [0.1, 0.15) is 4.88 Å². The molecule has 0 N–H and O–H groups in total. The van der Waals surface area contributed by atoms with Gasteiger partial charge in [-0.3, -0.25) is 0 Å². The lowest BCUT2D eigenvalue weighted by molar-refractivity contribution is 0.439. The van der Waals surface area contributed by atoms with Gasteiger partial charge in [0.1, 0.15) is 5.15 Å². The molecule has 1 aromatic heterocycles. The van der Waals surface area contributed by atoms with Crippen molar-refractivity contribution >= 4 is 50.5 Å². The van der Waals surface area contributed by atoms with Gasteiger partial charge in [-0.2, -0.15) is 4.98 Å². The van der Waals surface area contributed by atoms with Crippen molar-refractivity contribution in [3.8, 4) is 10.9 Å². The quantitative estimate of drug-likeness (QED) is 0.702. The highest BCUT2D eigenvalue weighted by Crippen LogP contribution is 2.34. The molecule has 2 nitrogen and oxygen atoms in total. The number of alkyl halides is 1. The average molecular weight is 357 g/mol. The Hall–Kier alpha value is -0.360. The molecule has 0 saturated heterocycles. The second-order valence-corrected chi connectivity index (χ2v) is 5.59. The summed E-state index contributed by atoms with van der Waals surface area (Å²) < 4.78 is 19.4. The molecule has 1 aromatic carbocycles. The smallest absolute Gasteiger partial charge is 0.280 e. The van der Waals surface area contributed by atoms with Gasteiger partial charge in [0, 0.05) is 4.47 Å². The summed E-state index contributed by atoms with van der Waals surface area (Å²) in [6.07, 6.45) is 0. The van der Waals surface area contributed by atoms with Crippen LogP contribution in [0.15, 0.2) is 22.7 Å². The van der Waals surface area contributed by atoms with E-state index in [9.17, 15) is 4.39 Å². The normalized spacial score (nSPS) is 10.6. The molecule has 0 aliphatic carbocycles. The first-order valence-electron chi connectivity index (χ1n) is 4.44. The Morgan fingerprint density at radius 2 is 2.24 bits per heavy atom. The molecule has 7 heteroatoms.